The van der Waals surface area contributed by atoms with Gasteiger partial charge in [-0.1, -0.05) is 33.8 Å². The van der Waals surface area contributed by atoms with E-state index in [-0.39, 0.29) is 0 Å². The predicted octanol–water partition coefficient (Wildman–Crippen LogP) is 3.14. The molecule has 0 spiro atoms. The summed E-state index contributed by atoms with van der Waals surface area (Å²) in [6, 6.07) is 6.14. The van der Waals surface area contributed by atoms with Gasteiger partial charge in [-0.2, -0.15) is 0 Å². The highest BCUT2D eigenvalue weighted by Gasteiger charge is 2.17. The van der Waals surface area contributed by atoms with Crippen LogP contribution in [0.2, 0.25) is 0 Å². The second-order valence-corrected chi connectivity index (χ2v) is 5.58. The van der Waals surface area contributed by atoms with E-state index in [1.807, 2.05) is 19.2 Å². The van der Waals surface area contributed by atoms with Crippen LogP contribution >= 0.6 is 0 Å². The average molecular weight is 249 g/mol. The molecule has 1 heterocycles. The Kier molecular flexibility index (Phi) is 6.13. The second kappa shape index (κ2) is 7.37. The third-order valence-electron chi connectivity index (χ3n) is 3.40. The maximum Gasteiger partial charge on any atom is 0.126 e. The lowest BCUT2D eigenvalue weighted by Crippen LogP contribution is -2.25. The zero-order valence-corrected chi connectivity index (χ0v) is 12.3. The summed E-state index contributed by atoms with van der Waals surface area (Å²) in [4.78, 5) is 4.58. The highest BCUT2D eigenvalue weighted by Crippen LogP contribution is 2.20. The van der Waals surface area contributed by atoms with E-state index in [1.54, 1.807) is 0 Å². The summed E-state index contributed by atoms with van der Waals surface area (Å²) in [5, 5.41) is 6.59. The van der Waals surface area contributed by atoms with Crippen LogP contribution in [-0.4, -0.2) is 18.6 Å². The maximum absolute atomic E-state index is 4.58. The number of nitrogens with zero attached hydrogens (tertiary/aromatic N) is 1. The fourth-order valence-electron chi connectivity index (χ4n) is 2.32. The summed E-state index contributed by atoms with van der Waals surface area (Å²) in [7, 11) is 1.94. The Labute approximate surface area is 111 Å². The third-order valence-corrected chi connectivity index (χ3v) is 3.40. The van der Waals surface area contributed by atoms with Crippen LogP contribution in [0.3, 0.4) is 0 Å². The van der Waals surface area contributed by atoms with Crippen molar-refractivity contribution in [1.82, 2.24) is 10.3 Å². The molecule has 0 aromatic carbocycles. The number of nitrogens with one attached hydrogen (secondary N) is 2. The van der Waals surface area contributed by atoms with Crippen molar-refractivity contribution < 1.29 is 0 Å². The van der Waals surface area contributed by atoms with Gasteiger partial charge in [-0.05, 0) is 36.9 Å². The van der Waals surface area contributed by atoms with Crippen molar-refractivity contribution in [3.05, 3.63) is 23.9 Å². The Morgan fingerprint density at radius 2 is 1.78 bits per heavy atom. The molecule has 0 aliphatic carbocycles. The predicted molar refractivity (Wildman–Crippen MR) is 78.7 cm³/mol. The van der Waals surface area contributed by atoms with E-state index in [0.717, 1.165) is 24.6 Å². The first kappa shape index (κ1) is 15.0. The summed E-state index contributed by atoms with van der Waals surface area (Å²) in [6.07, 6.45) is 0. The summed E-state index contributed by atoms with van der Waals surface area (Å²) >= 11 is 0. The lowest BCUT2D eigenvalue weighted by molar-refractivity contribution is 0.304. The molecule has 2 N–H and O–H groups in total. The van der Waals surface area contributed by atoms with Crippen molar-refractivity contribution in [2.75, 3.05) is 18.9 Å². The molecule has 3 nitrogen and oxygen atoms in total. The van der Waals surface area contributed by atoms with Crippen LogP contribution in [0, 0.1) is 17.8 Å². The first-order valence-corrected chi connectivity index (χ1v) is 6.89. The lowest BCUT2D eigenvalue weighted by Gasteiger charge is -2.25. The van der Waals surface area contributed by atoms with Crippen molar-refractivity contribution >= 4 is 5.82 Å². The van der Waals surface area contributed by atoms with Gasteiger partial charge in [-0.25, -0.2) is 4.98 Å². The van der Waals surface area contributed by atoms with Gasteiger partial charge < -0.3 is 10.6 Å². The maximum atomic E-state index is 4.58. The zero-order chi connectivity index (χ0) is 13.5. The molecule has 0 aliphatic rings. The molecule has 0 saturated heterocycles. The minimum Gasteiger partial charge on any atom is -0.370 e. The van der Waals surface area contributed by atoms with Gasteiger partial charge in [-0.15, -0.1) is 0 Å². The molecule has 1 rings (SSSR count). The van der Waals surface area contributed by atoms with Crippen molar-refractivity contribution in [1.29, 1.82) is 0 Å². The number of rotatable bonds is 7. The van der Waals surface area contributed by atoms with Gasteiger partial charge in [0.2, 0.25) is 0 Å². The van der Waals surface area contributed by atoms with Gasteiger partial charge in [0.05, 0.1) is 5.69 Å². The van der Waals surface area contributed by atoms with Crippen molar-refractivity contribution in [3.63, 3.8) is 0 Å². The minimum absolute atomic E-state index is 0.680. The molecule has 0 bridgehead atoms. The smallest absolute Gasteiger partial charge is 0.126 e. The van der Waals surface area contributed by atoms with Gasteiger partial charge in [-0.3, -0.25) is 0 Å². The van der Waals surface area contributed by atoms with E-state index in [0.29, 0.717) is 17.8 Å². The quantitative estimate of drug-likeness (QED) is 0.779. The van der Waals surface area contributed by atoms with E-state index >= 15 is 0 Å². The van der Waals surface area contributed by atoms with Crippen LogP contribution in [0.4, 0.5) is 5.82 Å². The highest BCUT2D eigenvalue weighted by molar-refractivity contribution is 5.35. The molecular weight excluding hydrogens is 222 g/mol. The number of aromatic nitrogens is 1. The Morgan fingerprint density at radius 1 is 1.11 bits per heavy atom. The molecule has 1 aromatic rings. The number of pyridine rings is 1. The topological polar surface area (TPSA) is 37.0 Å². The van der Waals surface area contributed by atoms with Crippen LogP contribution < -0.4 is 10.6 Å². The normalized spacial score (nSPS) is 11.6. The van der Waals surface area contributed by atoms with Crippen LogP contribution in [-0.2, 0) is 6.54 Å². The number of anilines is 1. The summed E-state index contributed by atoms with van der Waals surface area (Å²) < 4.78 is 0. The first-order valence-electron chi connectivity index (χ1n) is 6.89. The van der Waals surface area contributed by atoms with Gasteiger partial charge in [0.15, 0.2) is 0 Å². The summed E-state index contributed by atoms with van der Waals surface area (Å²) in [5.74, 6) is 3.05. The Hall–Kier alpha value is -1.09. The first-order chi connectivity index (χ1) is 8.54. The monoisotopic (exact) mass is 249 g/mol. The molecule has 18 heavy (non-hydrogen) atoms. The number of hydrogen-bond acceptors (Lipinski definition) is 3. The molecule has 102 valence electrons. The molecular formula is C15H27N3. The SMILES string of the molecule is CNCc1cccc(NCC(C(C)C)C(C)C)n1. The van der Waals surface area contributed by atoms with Crippen LogP contribution in [0.5, 0.6) is 0 Å². The molecule has 0 fully saturated rings. The van der Waals surface area contributed by atoms with Gasteiger partial charge in [0.25, 0.3) is 0 Å². The van der Waals surface area contributed by atoms with E-state index < -0.39 is 0 Å². The van der Waals surface area contributed by atoms with E-state index in [9.17, 15) is 0 Å². The third kappa shape index (κ3) is 4.65. The van der Waals surface area contributed by atoms with Gasteiger partial charge in [0.1, 0.15) is 5.82 Å². The Morgan fingerprint density at radius 3 is 2.33 bits per heavy atom. The van der Waals surface area contributed by atoms with Gasteiger partial charge >= 0.3 is 0 Å². The Bertz CT molecular complexity index is 339. The molecule has 1 aromatic heterocycles. The molecule has 0 unspecified atom stereocenters. The van der Waals surface area contributed by atoms with Crippen LogP contribution in [0.1, 0.15) is 33.4 Å². The highest BCUT2D eigenvalue weighted by atomic mass is 15.0. The van der Waals surface area contributed by atoms with E-state index in [1.165, 1.54) is 0 Å². The average Bonchev–Trinajstić information content (AvgIpc) is 2.29. The number of hydrogen-bond donors (Lipinski definition) is 2. The van der Waals surface area contributed by atoms with Crippen molar-refractivity contribution in [2.45, 2.75) is 34.2 Å². The molecule has 0 radical (unpaired) electrons. The van der Waals surface area contributed by atoms with Crippen LogP contribution in [0.25, 0.3) is 0 Å². The molecule has 3 heteroatoms. The lowest BCUT2D eigenvalue weighted by atomic mass is 9.85. The minimum atomic E-state index is 0.680. The molecule has 0 amide bonds. The van der Waals surface area contributed by atoms with Crippen LogP contribution in [0.15, 0.2) is 18.2 Å². The van der Waals surface area contributed by atoms with E-state index in [2.05, 4.69) is 49.4 Å². The van der Waals surface area contributed by atoms with Crippen molar-refractivity contribution in [3.8, 4) is 0 Å². The molecule has 0 saturated carbocycles. The summed E-state index contributed by atoms with van der Waals surface area (Å²) in [5.41, 5.74) is 1.08. The zero-order valence-electron chi connectivity index (χ0n) is 12.3. The standard InChI is InChI=1S/C15H27N3/c1-11(2)14(12(3)4)10-17-15-8-6-7-13(18-15)9-16-5/h6-8,11-12,14,16H,9-10H2,1-5H3,(H,17,18). The van der Waals surface area contributed by atoms with E-state index in [4.69, 9.17) is 0 Å². The molecule has 0 atom stereocenters. The Balaban J connectivity index is 2.59. The fraction of sp³-hybridized carbons (Fsp3) is 0.667. The largest absolute Gasteiger partial charge is 0.370 e. The molecule has 0 aliphatic heterocycles. The summed E-state index contributed by atoms with van der Waals surface area (Å²) in [6.45, 7) is 11.0. The second-order valence-electron chi connectivity index (χ2n) is 5.58. The fourth-order valence-corrected chi connectivity index (χ4v) is 2.32. The van der Waals surface area contributed by atoms with Crippen molar-refractivity contribution in [2.24, 2.45) is 17.8 Å². The van der Waals surface area contributed by atoms with Gasteiger partial charge in [0, 0.05) is 13.1 Å².